The van der Waals surface area contributed by atoms with Gasteiger partial charge in [0.05, 0.1) is 17.9 Å². The highest BCUT2D eigenvalue weighted by atomic mass is 15.0. The molecule has 3 heteroatoms. The summed E-state index contributed by atoms with van der Waals surface area (Å²) < 4.78 is 0. The first kappa shape index (κ1) is 8.57. The molecule has 0 spiro atoms. The number of nitrogens with zero attached hydrogens (tertiary/aromatic N) is 1. The maximum atomic E-state index is 8.71. The van der Waals surface area contributed by atoms with E-state index in [4.69, 9.17) is 5.26 Å². The molecule has 0 fully saturated rings. The third-order valence-corrected chi connectivity index (χ3v) is 1.50. The third-order valence-electron chi connectivity index (χ3n) is 1.50. The van der Waals surface area contributed by atoms with Gasteiger partial charge in [-0.2, -0.15) is 5.26 Å². The van der Waals surface area contributed by atoms with Crippen molar-refractivity contribution in [2.75, 3.05) is 19.0 Å². The summed E-state index contributed by atoms with van der Waals surface area (Å²) in [5, 5.41) is 14.7. The van der Waals surface area contributed by atoms with Crippen LogP contribution in [0.1, 0.15) is 5.56 Å². The van der Waals surface area contributed by atoms with E-state index >= 15 is 0 Å². The van der Waals surface area contributed by atoms with Crippen molar-refractivity contribution >= 4 is 5.69 Å². The number of nitriles is 1. The fraction of sp³-hybridized carbons (Fsp3) is 0.222. The highest BCUT2D eigenvalue weighted by Crippen LogP contribution is 2.12. The number of nitrogens with one attached hydrogen (secondary N) is 2. The van der Waals surface area contributed by atoms with Crippen molar-refractivity contribution in [1.82, 2.24) is 5.32 Å². The third kappa shape index (κ3) is 1.97. The van der Waals surface area contributed by atoms with Crippen LogP contribution in [0.4, 0.5) is 5.69 Å². The van der Waals surface area contributed by atoms with Crippen LogP contribution < -0.4 is 10.6 Å². The molecular formula is C9H11N3. The first-order valence-electron chi connectivity index (χ1n) is 3.76. The molecule has 0 aliphatic heterocycles. The number of hydrogen-bond donors (Lipinski definition) is 2. The highest BCUT2D eigenvalue weighted by Gasteiger charge is 1.96. The summed E-state index contributed by atoms with van der Waals surface area (Å²) in [4.78, 5) is 0. The summed E-state index contributed by atoms with van der Waals surface area (Å²) in [5.74, 6) is 0. The van der Waals surface area contributed by atoms with E-state index in [1.807, 2.05) is 25.2 Å². The Morgan fingerprint density at radius 2 is 2.17 bits per heavy atom. The van der Waals surface area contributed by atoms with Crippen LogP contribution in [0.3, 0.4) is 0 Å². The van der Waals surface area contributed by atoms with Gasteiger partial charge in [-0.3, -0.25) is 0 Å². The molecule has 1 aromatic rings. The van der Waals surface area contributed by atoms with Crippen molar-refractivity contribution in [2.24, 2.45) is 0 Å². The van der Waals surface area contributed by atoms with Crippen LogP contribution >= 0.6 is 0 Å². The topological polar surface area (TPSA) is 47.8 Å². The van der Waals surface area contributed by atoms with Gasteiger partial charge in [0.25, 0.3) is 0 Å². The molecule has 1 rings (SSSR count). The molecular weight excluding hydrogens is 150 g/mol. The quantitative estimate of drug-likeness (QED) is 0.654. The summed E-state index contributed by atoms with van der Waals surface area (Å²) in [6.45, 7) is 0.665. The summed E-state index contributed by atoms with van der Waals surface area (Å²) in [6, 6.07) is 9.54. The molecule has 62 valence electrons. The lowest BCUT2D eigenvalue weighted by molar-refractivity contribution is 0.874. The summed E-state index contributed by atoms with van der Waals surface area (Å²) in [7, 11) is 1.85. The molecule has 0 saturated heterocycles. The molecule has 0 unspecified atom stereocenters. The SMILES string of the molecule is CNCNc1ccccc1C#N. The average Bonchev–Trinajstić information content (AvgIpc) is 2.15. The lowest BCUT2D eigenvalue weighted by Crippen LogP contribution is -2.17. The second-order valence-corrected chi connectivity index (χ2v) is 2.36. The van der Waals surface area contributed by atoms with Crippen molar-refractivity contribution in [3.8, 4) is 6.07 Å². The fourth-order valence-corrected chi connectivity index (χ4v) is 0.918. The second-order valence-electron chi connectivity index (χ2n) is 2.36. The maximum absolute atomic E-state index is 8.71. The zero-order valence-electron chi connectivity index (χ0n) is 6.96. The Morgan fingerprint density at radius 1 is 1.42 bits per heavy atom. The van der Waals surface area contributed by atoms with Gasteiger partial charge < -0.3 is 10.6 Å². The molecule has 2 N–H and O–H groups in total. The van der Waals surface area contributed by atoms with E-state index in [-0.39, 0.29) is 0 Å². The molecule has 0 aliphatic rings. The molecule has 0 heterocycles. The molecule has 0 saturated carbocycles. The van der Waals surface area contributed by atoms with Gasteiger partial charge in [0.15, 0.2) is 0 Å². The first-order valence-corrected chi connectivity index (χ1v) is 3.76. The number of hydrogen-bond acceptors (Lipinski definition) is 3. The van der Waals surface area contributed by atoms with Crippen molar-refractivity contribution in [3.05, 3.63) is 29.8 Å². The molecule has 0 aliphatic carbocycles. The molecule has 12 heavy (non-hydrogen) atoms. The van der Waals surface area contributed by atoms with Gasteiger partial charge in [-0.05, 0) is 19.2 Å². The van der Waals surface area contributed by atoms with E-state index in [0.717, 1.165) is 5.69 Å². The lowest BCUT2D eigenvalue weighted by Gasteiger charge is -2.05. The smallest absolute Gasteiger partial charge is 0.101 e. The Hall–Kier alpha value is -1.53. The predicted molar refractivity (Wildman–Crippen MR) is 48.7 cm³/mol. The zero-order chi connectivity index (χ0) is 8.81. The Balaban J connectivity index is 2.77. The van der Waals surface area contributed by atoms with E-state index in [2.05, 4.69) is 16.7 Å². The average molecular weight is 161 g/mol. The van der Waals surface area contributed by atoms with Gasteiger partial charge >= 0.3 is 0 Å². The van der Waals surface area contributed by atoms with E-state index in [0.29, 0.717) is 12.2 Å². The van der Waals surface area contributed by atoms with Gasteiger partial charge in [-0.25, -0.2) is 0 Å². The Labute approximate surface area is 72.0 Å². The van der Waals surface area contributed by atoms with Gasteiger partial charge in [-0.15, -0.1) is 0 Å². The van der Waals surface area contributed by atoms with Gasteiger partial charge in [0, 0.05) is 0 Å². The molecule has 0 aromatic heterocycles. The van der Waals surface area contributed by atoms with E-state index < -0.39 is 0 Å². The Kier molecular flexibility index (Phi) is 3.12. The van der Waals surface area contributed by atoms with Gasteiger partial charge in [-0.1, -0.05) is 12.1 Å². The largest absolute Gasteiger partial charge is 0.371 e. The molecule has 0 radical (unpaired) electrons. The van der Waals surface area contributed by atoms with E-state index in [1.54, 1.807) is 6.07 Å². The van der Waals surface area contributed by atoms with Crippen molar-refractivity contribution < 1.29 is 0 Å². The second kappa shape index (κ2) is 4.37. The number of anilines is 1. The van der Waals surface area contributed by atoms with Crippen molar-refractivity contribution in [3.63, 3.8) is 0 Å². The van der Waals surface area contributed by atoms with Crippen LogP contribution in [0.25, 0.3) is 0 Å². The Morgan fingerprint density at radius 3 is 2.83 bits per heavy atom. The van der Waals surface area contributed by atoms with Gasteiger partial charge in [0.2, 0.25) is 0 Å². The number of benzene rings is 1. The van der Waals surface area contributed by atoms with Crippen LogP contribution in [0.15, 0.2) is 24.3 Å². The summed E-state index contributed by atoms with van der Waals surface area (Å²) >= 11 is 0. The molecule has 0 amide bonds. The lowest BCUT2D eigenvalue weighted by atomic mass is 10.2. The van der Waals surface area contributed by atoms with Crippen LogP contribution in [0.5, 0.6) is 0 Å². The molecule has 1 aromatic carbocycles. The standard InChI is InChI=1S/C9H11N3/c1-11-7-12-9-5-3-2-4-8(9)6-10/h2-5,11-12H,7H2,1H3. The van der Waals surface area contributed by atoms with Crippen molar-refractivity contribution in [1.29, 1.82) is 5.26 Å². The fourth-order valence-electron chi connectivity index (χ4n) is 0.918. The van der Waals surface area contributed by atoms with Crippen molar-refractivity contribution in [2.45, 2.75) is 0 Å². The van der Waals surface area contributed by atoms with Gasteiger partial charge in [0.1, 0.15) is 6.07 Å². The minimum Gasteiger partial charge on any atom is -0.371 e. The van der Waals surface area contributed by atoms with Crippen LogP contribution in [0, 0.1) is 11.3 Å². The monoisotopic (exact) mass is 161 g/mol. The van der Waals surface area contributed by atoms with Crippen LogP contribution in [-0.4, -0.2) is 13.7 Å². The van der Waals surface area contributed by atoms with Crippen LogP contribution in [-0.2, 0) is 0 Å². The molecule has 3 nitrogen and oxygen atoms in total. The van der Waals surface area contributed by atoms with E-state index in [9.17, 15) is 0 Å². The highest BCUT2D eigenvalue weighted by molar-refractivity contribution is 5.56. The molecule has 0 bridgehead atoms. The molecule has 0 atom stereocenters. The zero-order valence-corrected chi connectivity index (χ0v) is 6.96. The van der Waals surface area contributed by atoms with E-state index in [1.165, 1.54) is 0 Å². The minimum atomic E-state index is 0.665. The number of rotatable bonds is 3. The normalized spacial score (nSPS) is 9.00. The predicted octanol–water partition coefficient (Wildman–Crippen LogP) is 1.15. The Bertz CT molecular complexity index is 288. The summed E-state index contributed by atoms with van der Waals surface area (Å²) in [6.07, 6.45) is 0. The maximum Gasteiger partial charge on any atom is 0.101 e. The first-order chi connectivity index (χ1) is 5.88. The minimum absolute atomic E-state index is 0.665. The number of para-hydroxylation sites is 1. The van der Waals surface area contributed by atoms with Crippen LogP contribution in [0.2, 0.25) is 0 Å². The summed E-state index contributed by atoms with van der Waals surface area (Å²) in [5.41, 5.74) is 1.54.